The van der Waals surface area contributed by atoms with E-state index in [-0.39, 0.29) is 5.78 Å². The maximum atomic E-state index is 12.8. The van der Waals surface area contributed by atoms with E-state index in [1.807, 2.05) is 0 Å². The summed E-state index contributed by atoms with van der Waals surface area (Å²) in [5.74, 6) is -3.32. The number of aromatic nitrogens is 1. The summed E-state index contributed by atoms with van der Waals surface area (Å²) in [7, 11) is 0. The quantitative estimate of drug-likeness (QED) is 0.367. The molecule has 10 heteroatoms. The van der Waals surface area contributed by atoms with Gasteiger partial charge < -0.3 is 34.5 Å². The molecule has 0 saturated carbocycles. The third kappa shape index (κ3) is 3.74. The third-order valence-electron chi connectivity index (χ3n) is 5.61. The van der Waals surface area contributed by atoms with Crippen LogP contribution in [0.25, 0.3) is 0 Å². The zero-order valence-corrected chi connectivity index (χ0v) is 16.2. The lowest BCUT2D eigenvalue weighted by molar-refractivity contribution is -0.286. The van der Waals surface area contributed by atoms with Crippen LogP contribution in [0.5, 0.6) is 0 Å². The Morgan fingerprint density at radius 1 is 0.968 bits per heavy atom. The normalized spacial score (nSPS) is 29.9. The Kier molecular flexibility index (Phi) is 5.63. The Morgan fingerprint density at radius 3 is 2.35 bits per heavy atom. The highest BCUT2D eigenvalue weighted by Crippen LogP contribution is 2.33. The van der Waals surface area contributed by atoms with Gasteiger partial charge in [-0.15, -0.1) is 0 Å². The number of nitrogens with zero attached hydrogens (tertiary/aromatic N) is 1. The minimum Gasteiger partial charge on any atom is -0.479 e. The van der Waals surface area contributed by atoms with Crippen LogP contribution >= 0.6 is 0 Å². The number of ether oxygens (including phenoxy) is 2. The van der Waals surface area contributed by atoms with Gasteiger partial charge in [0.05, 0.1) is 11.6 Å². The fourth-order valence-electron chi connectivity index (χ4n) is 3.96. The minimum atomic E-state index is -1.88. The number of fused-ring (bicyclic) bond motifs is 1. The second-order valence-corrected chi connectivity index (χ2v) is 7.50. The average Bonchev–Trinajstić information content (AvgIpc) is 3.36. The van der Waals surface area contributed by atoms with Crippen molar-refractivity contribution >= 4 is 17.7 Å². The molecule has 31 heavy (non-hydrogen) atoms. The highest BCUT2D eigenvalue weighted by Gasteiger charge is 2.49. The molecule has 1 aromatic carbocycles. The summed E-state index contributed by atoms with van der Waals surface area (Å²) in [5.41, 5.74) is 1.49. The van der Waals surface area contributed by atoms with E-state index < -0.39 is 48.6 Å². The predicted molar refractivity (Wildman–Crippen MR) is 102 cm³/mol. The molecule has 2 aromatic rings. The topological polar surface area (TPSA) is 156 Å². The van der Waals surface area contributed by atoms with E-state index in [1.54, 1.807) is 47.0 Å². The van der Waals surface area contributed by atoms with E-state index in [0.717, 1.165) is 0 Å². The molecule has 4 rings (SSSR count). The molecule has 0 aliphatic carbocycles. The van der Waals surface area contributed by atoms with Crippen LogP contribution in [0, 0.1) is 0 Å². The van der Waals surface area contributed by atoms with Crippen molar-refractivity contribution in [3.05, 3.63) is 59.4 Å². The first kappa shape index (κ1) is 21.2. The molecule has 1 fully saturated rings. The van der Waals surface area contributed by atoms with Crippen LogP contribution in [0.3, 0.4) is 0 Å². The summed E-state index contributed by atoms with van der Waals surface area (Å²) in [6.45, 7) is 0.392. The van der Waals surface area contributed by atoms with Crippen molar-refractivity contribution in [1.82, 2.24) is 4.57 Å². The first-order valence-electron chi connectivity index (χ1n) is 9.71. The van der Waals surface area contributed by atoms with E-state index in [4.69, 9.17) is 14.6 Å². The van der Waals surface area contributed by atoms with Gasteiger partial charge in [-0.2, -0.15) is 0 Å². The molecular weight excluding hydrogens is 410 g/mol. The number of carboxylic acid groups (broad SMARTS) is 1. The number of carbonyl (C=O) groups excluding carboxylic acids is 2. The van der Waals surface area contributed by atoms with Gasteiger partial charge in [-0.05, 0) is 18.6 Å². The fraction of sp³-hybridized carbons (Fsp3) is 0.381. The SMILES string of the molecule is O=C(c1ccccc1)c1ccc2n1CC[C@H]2C(=O)O[C@@H]1O[C@H](C(=O)O)[C@@H](O)[C@H](O)[C@H]1O. The highest BCUT2D eigenvalue weighted by molar-refractivity contribution is 6.08. The monoisotopic (exact) mass is 431 g/mol. The summed E-state index contributed by atoms with van der Waals surface area (Å²) >= 11 is 0. The van der Waals surface area contributed by atoms with Crippen molar-refractivity contribution in [1.29, 1.82) is 0 Å². The molecule has 164 valence electrons. The van der Waals surface area contributed by atoms with Gasteiger partial charge in [0.15, 0.2) is 6.10 Å². The number of esters is 1. The molecule has 3 heterocycles. The Bertz CT molecular complexity index is 1000. The van der Waals surface area contributed by atoms with Gasteiger partial charge in [-0.3, -0.25) is 9.59 Å². The molecule has 1 saturated heterocycles. The lowest BCUT2D eigenvalue weighted by atomic mass is 9.99. The van der Waals surface area contributed by atoms with Gasteiger partial charge >= 0.3 is 11.9 Å². The lowest BCUT2D eigenvalue weighted by Gasteiger charge is -2.38. The number of hydrogen-bond donors (Lipinski definition) is 4. The van der Waals surface area contributed by atoms with E-state index >= 15 is 0 Å². The molecule has 0 bridgehead atoms. The van der Waals surface area contributed by atoms with Crippen LogP contribution in [0.15, 0.2) is 42.5 Å². The summed E-state index contributed by atoms with van der Waals surface area (Å²) < 4.78 is 11.9. The largest absolute Gasteiger partial charge is 0.479 e. The van der Waals surface area contributed by atoms with Crippen LogP contribution in [-0.2, 0) is 25.6 Å². The second kappa shape index (κ2) is 8.23. The Balaban J connectivity index is 1.50. The van der Waals surface area contributed by atoms with E-state index in [1.165, 1.54) is 0 Å². The molecule has 6 atom stereocenters. The van der Waals surface area contributed by atoms with Crippen molar-refractivity contribution in [2.45, 2.75) is 49.6 Å². The van der Waals surface area contributed by atoms with Crippen LogP contribution in [0.1, 0.15) is 34.1 Å². The maximum Gasteiger partial charge on any atom is 0.335 e. The van der Waals surface area contributed by atoms with Crippen molar-refractivity contribution in [3.8, 4) is 0 Å². The van der Waals surface area contributed by atoms with Crippen molar-refractivity contribution in [3.63, 3.8) is 0 Å². The molecule has 0 unspecified atom stereocenters. The number of hydrogen-bond acceptors (Lipinski definition) is 8. The molecule has 2 aliphatic rings. The first-order chi connectivity index (χ1) is 14.8. The summed E-state index contributed by atoms with van der Waals surface area (Å²) in [6.07, 6.45) is -8.86. The van der Waals surface area contributed by atoms with E-state index in [9.17, 15) is 29.7 Å². The van der Waals surface area contributed by atoms with E-state index in [0.29, 0.717) is 29.9 Å². The number of ketones is 1. The van der Waals surface area contributed by atoms with Gasteiger partial charge in [0.1, 0.15) is 18.3 Å². The summed E-state index contributed by atoms with van der Waals surface area (Å²) in [5, 5.41) is 38.7. The Morgan fingerprint density at radius 2 is 1.68 bits per heavy atom. The number of benzene rings is 1. The zero-order valence-electron chi connectivity index (χ0n) is 16.2. The smallest absolute Gasteiger partial charge is 0.335 e. The molecule has 10 nitrogen and oxygen atoms in total. The average molecular weight is 431 g/mol. The fourth-order valence-corrected chi connectivity index (χ4v) is 3.96. The maximum absolute atomic E-state index is 12.8. The van der Waals surface area contributed by atoms with E-state index in [2.05, 4.69) is 0 Å². The van der Waals surface area contributed by atoms with Crippen LogP contribution in [-0.4, -0.2) is 73.4 Å². The molecule has 2 aliphatic heterocycles. The number of rotatable bonds is 5. The Labute approximate surface area is 176 Å². The molecule has 1 aromatic heterocycles. The third-order valence-corrected chi connectivity index (χ3v) is 5.61. The molecule has 0 amide bonds. The van der Waals surface area contributed by atoms with Gasteiger partial charge in [0.2, 0.25) is 12.1 Å². The molecule has 0 radical (unpaired) electrons. The van der Waals surface area contributed by atoms with Crippen molar-refractivity contribution in [2.24, 2.45) is 0 Å². The summed E-state index contributed by atoms with van der Waals surface area (Å²) in [6, 6.07) is 12.0. The Hall–Kier alpha value is -3.05. The highest BCUT2D eigenvalue weighted by atomic mass is 16.7. The van der Waals surface area contributed by atoms with Gasteiger partial charge in [-0.25, -0.2) is 4.79 Å². The molecule has 0 spiro atoms. The number of carboxylic acids is 1. The van der Waals surface area contributed by atoms with Gasteiger partial charge in [0.25, 0.3) is 0 Å². The first-order valence-corrected chi connectivity index (χ1v) is 9.71. The number of carbonyl (C=O) groups is 3. The van der Waals surface area contributed by atoms with Crippen molar-refractivity contribution < 1.29 is 44.3 Å². The van der Waals surface area contributed by atoms with Crippen LogP contribution in [0.2, 0.25) is 0 Å². The van der Waals surface area contributed by atoms with Crippen LogP contribution < -0.4 is 0 Å². The molecule has 4 N–H and O–H groups in total. The standard InChI is InChI=1S/C21H21NO9/c23-14(10-4-2-1-3-5-10)13-7-6-12-11(8-9-22(12)13)20(29)31-21-17(26)15(24)16(25)18(30-21)19(27)28/h1-7,11,15-18,21,24-26H,8-9H2,(H,27,28)/t11-,15+,16+,17-,18+,21+/m1/s1. The van der Waals surface area contributed by atoms with Crippen LogP contribution in [0.4, 0.5) is 0 Å². The zero-order chi connectivity index (χ0) is 22.3. The predicted octanol–water partition coefficient (Wildman–Crippen LogP) is -0.358. The van der Waals surface area contributed by atoms with Gasteiger partial charge in [0, 0.05) is 17.8 Å². The second-order valence-electron chi connectivity index (χ2n) is 7.50. The lowest BCUT2D eigenvalue weighted by Crippen LogP contribution is -2.60. The van der Waals surface area contributed by atoms with Gasteiger partial charge in [-0.1, -0.05) is 30.3 Å². The minimum absolute atomic E-state index is 0.187. The number of aliphatic carboxylic acids is 1. The number of aliphatic hydroxyl groups is 3. The van der Waals surface area contributed by atoms with Crippen molar-refractivity contribution in [2.75, 3.05) is 0 Å². The number of aliphatic hydroxyl groups excluding tert-OH is 3. The molecular formula is C21H21NO9. The summed E-state index contributed by atoms with van der Waals surface area (Å²) in [4.78, 5) is 36.7.